The van der Waals surface area contributed by atoms with E-state index in [0.717, 1.165) is 0 Å². The molecule has 0 aliphatic carbocycles. The zero-order valence-electron chi connectivity index (χ0n) is 2.95. The Morgan fingerprint density at radius 1 is 1.80 bits per heavy atom. The maximum Gasteiger partial charge on any atom is 0.107 e. The molecule has 0 atom stereocenters. The number of alkyl halides is 1. The molecule has 0 rings (SSSR count). The summed E-state index contributed by atoms with van der Waals surface area (Å²) in [4.78, 5) is 0. The minimum atomic E-state index is -0.417. The summed E-state index contributed by atoms with van der Waals surface area (Å²) in [7, 11) is 0. The second-order valence-corrected chi connectivity index (χ2v) is 0.443. The SMILES string of the molecule is C=CCF.[B]. The minimum absolute atomic E-state index is 0. The quantitative estimate of drug-likeness (QED) is 0.316. The zero-order valence-corrected chi connectivity index (χ0v) is 2.95. The van der Waals surface area contributed by atoms with Crippen molar-refractivity contribution in [2.45, 2.75) is 0 Å². The second-order valence-electron chi connectivity index (χ2n) is 0.443. The van der Waals surface area contributed by atoms with Gasteiger partial charge in [0.15, 0.2) is 0 Å². The normalized spacial score (nSPS) is 5.00. The molecule has 0 aromatic rings. The average molecular weight is 70.9 g/mol. The Bertz CT molecular complexity index is 20.9. The summed E-state index contributed by atoms with van der Waals surface area (Å²) in [6.45, 7) is 2.69. The highest BCUT2D eigenvalue weighted by Crippen LogP contribution is 1.58. The van der Waals surface area contributed by atoms with Gasteiger partial charge in [0.25, 0.3) is 0 Å². The van der Waals surface area contributed by atoms with Crippen LogP contribution in [0.3, 0.4) is 0 Å². The number of hydrogen-bond acceptors (Lipinski definition) is 0. The van der Waals surface area contributed by atoms with E-state index in [1.54, 1.807) is 0 Å². The largest absolute Gasteiger partial charge is 0.247 e. The van der Waals surface area contributed by atoms with E-state index in [0.29, 0.717) is 0 Å². The highest BCUT2D eigenvalue weighted by molar-refractivity contribution is 5.75. The average Bonchev–Trinajstić information content (AvgIpc) is 1.37. The van der Waals surface area contributed by atoms with E-state index < -0.39 is 6.67 Å². The lowest BCUT2D eigenvalue weighted by atomic mass is 10.7. The van der Waals surface area contributed by atoms with E-state index in [4.69, 9.17) is 0 Å². The molecule has 0 amide bonds. The molecule has 3 radical (unpaired) electrons. The third-order valence-corrected chi connectivity index (χ3v) is 0.109. The van der Waals surface area contributed by atoms with Gasteiger partial charge < -0.3 is 0 Å². The topological polar surface area (TPSA) is 0 Å². The molecule has 0 saturated carbocycles. The molecule has 0 aliphatic heterocycles. The van der Waals surface area contributed by atoms with Gasteiger partial charge in [-0.3, -0.25) is 0 Å². The van der Waals surface area contributed by atoms with Gasteiger partial charge in [0.05, 0.1) is 0 Å². The van der Waals surface area contributed by atoms with Crippen LogP contribution in [0, 0.1) is 0 Å². The number of hydrogen-bond donors (Lipinski definition) is 0. The van der Waals surface area contributed by atoms with Crippen molar-refractivity contribution in [2.24, 2.45) is 0 Å². The van der Waals surface area contributed by atoms with Crippen LogP contribution in [0.25, 0.3) is 0 Å². The van der Waals surface area contributed by atoms with Gasteiger partial charge in [-0.2, -0.15) is 0 Å². The van der Waals surface area contributed by atoms with Crippen LogP contribution in [0.15, 0.2) is 12.7 Å². The summed E-state index contributed by atoms with van der Waals surface area (Å²) >= 11 is 0. The maximum atomic E-state index is 10.6. The number of halogens is 1. The molecule has 0 saturated heterocycles. The predicted octanol–water partition coefficient (Wildman–Crippen LogP) is 0.761. The van der Waals surface area contributed by atoms with Crippen molar-refractivity contribution < 1.29 is 4.39 Å². The fourth-order valence-electron chi connectivity index (χ4n) is 0. The van der Waals surface area contributed by atoms with Crippen LogP contribution in [-0.2, 0) is 0 Å². The Morgan fingerprint density at radius 3 is 2.00 bits per heavy atom. The highest BCUT2D eigenvalue weighted by atomic mass is 19.1. The minimum Gasteiger partial charge on any atom is -0.247 e. The van der Waals surface area contributed by atoms with Crippen molar-refractivity contribution in [3.8, 4) is 0 Å². The zero-order chi connectivity index (χ0) is 3.41. The van der Waals surface area contributed by atoms with Crippen LogP contribution in [0.5, 0.6) is 0 Å². The first kappa shape index (κ1) is 8.83. The summed E-state index contributed by atoms with van der Waals surface area (Å²) in [5.74, 6) is 0. The molecule has 0 fully saturated rings. The van der Waals surface area contributed by atoms with Gasteiger partial charge in [-0.15, -0.1) is 6.58 Å². The van der Waals surface area contributed by atoms with Gasteiger partial charge in [0.2, 0.25) is 0 Å². The van der Waals surface area contributed by atoms with E-state index in [2.05, 4.69) is 6.58 Å². The Balaban J connectivity index is 0. The van der Waals surface area contributed by atoms with Crippen molar-refractivity contribution in [2.75, 3.05) is 6.67 Å². The molecule has 0 unspecified atom stereocenters. The Kier molecular flexibility index (Phi) is 16.4. The molecule has 0 spiro atoms. The van der Waals surface area contributed by atoms with Crippen LogP contribution in [0.1, 0.15) is 0 Å². The molecule has 27 valence electrons. The van der Waals surface area contributed by atoms with Gasteiger partial charge in [-0.05, 0) is 0 Å². The third kappa shape index (κ3) is 20.8. The van der Waals surface area contributed by atoms with Crippen LogP contribution in [0.2, 0.25) is 0 Å². The lowest BCUT2D eigenvalue weighted by molar-refractivity contribution is 0.562. The standard InChI is InChI=1S/C3H5F.B/c1-2-3-4;/h2H,1,3H2;. The lowest BCUT2D eigenvalue weighted by Crippen LogP contribution is -1.48. The van der Waals surface area contributed by atoms with Crippen LogP contribution in [-0.4, -0.2) is 15.1 Å². The number of allylic oxidation sites excluding steroid dienone is 1. The Morgan fingerprint density at radius 2 is 2.00 bits per heavy atom. The molecule has 0 aromatic carbocycles. The van der Waals surface area contributed by atoms with Crippen LogP contribution in [0.4, 0.5) is 4.39 Å². The fourth-order valence-corrected chi connectivity index (χ4v) is 0. The summed E-state index contributed by atoms with van der Waals surface area (Å²) in [5.41, 5.74) is 0. The summed E-state index contributed by atoms with van der Waals surface area (Å²) < 4.78 is 10.6. The predicted molar refractivity (Wildman–Crippen MR) is 21.9 cm³/mol. The molecule has 0 heterocycles. The molecular weight excluding hydrogens is 65.8 g/mol. The van der Waals surface area contributed by atoms with Gasteiger partial charge in [-0.25, -0.2) is 4.39 Å². The first-order valence-corrected chi connectivity index (χ1v) is 1.08. The van der Waals surface area contributed by atoms with E-state index in [1.165, 1.54) is 6.08 Å². The molecular formula is C3H5BF. The first-order chi connectivity index (χ1) is 1.91. The van der Waals surface area contributed by atoms with E-state index in [-0.39, 0.29) is 8.41 Å². The van der Waals surface area contributed by atoms with Gasteiger partial charge in [-0.1, -0.05) is 6.08 Å². The van der Waals surface area contributed by atoms with Crippen molar-refractivity contribution >= 4 is 8.41 Å². The number of rotatable bonds is 1. The van der Waals surface area contributed by atoms with Crippen molar-refractivity contribution in [1.82, 2.24) is 0 Å². The van der Waals surface area contributed by atoms with Crippen LogP contribution < -0.4 is 0 Å². The van der Waals surface area contributed by atoms with Gasteiger partial charge in [0, 0.05) is 8.41 Å². The van der Waals surface area contributed by atoms with Crippen molar-refractivity contribution in [1.29, 1.82) is 0 Å². The Hall–Kier alpha value is -0.265. The van der Waals surface area contributed by atoms with Gasteiger partial charge in [0.1, 0.15) is 6.67 Å². The molecule has 0 aliphatic rings. The molecule has 2 heteroatoms. The summed E-state index contributed by atoms with van der Waals surface area (Å²) in [6.07, 6.45) is 1.21. The second kappa shape index (κ2) is 9.28. The smallest absolute Gasteiger partial charge is 0.107 e. The van der Waals surface area contributed by atoms with Crippen LogP contribution >= 0.6 is 0 Å². The first-order valence-electron chi connectivity index (χ1n) is 1.08. The summed E-state index contributed by atoms with van der Waals surface area (Å²) in [5, 5.41) is 0. The van der Waals surface area contributed by atoms with Crippen molar-refractivity contribution in [3.63, 3.8) is 0 Å². The fraction of sp³-hybridized carbons (Fsp3) is 0.333. The van der Waals surface area contributed by atoms with E-state index in [1.807, 2.05) is 0 Å². The Labute approximate surface area is 33.3 Å². The monoisotopic (exact) mass is 71.0 g/mol. The maximum absolute atomic E-state index is 10.6. The molecule has 0 nitrogen and oxygen atoms in total. The molecule has 0 aromatic heterocycles. The van der Waals surface area contributed by atoms with Crippen molar-refractivity contribution in [3.05, 3.63) is 12.7 Å². The third-order valence-electron chi connectivity index (χ3n) is 0.109. The van der Waals surface area contributed by atoms with E-state index >= 15 is 0 Å². The summed E-state index contributed by atoms with van der Waals surface area (Å²) in [6, 6.07) is 0. The molecule has 5 heavy (non-hydrogen) atoms. The highest BCUT2D eigenvalue weighted by Gasteiger charge is 1.49. The molecule has 0 N–H and O–H groups in total. The van der Waals surface area contributed by atoms with Gasteiger partial charge >= 0.3 is 0 Å². The van der Waals surface area contributed by atoms with E-state index in [9.17, 15) is 4.39 Å². The molecule has 0 bridgehead atoms. The lowest BCUT2D eigenvalue weighted by Gasteiger charge is -1.54.